The van der Waals surface area contributed by atoms with Crippen LogP contribution < -0.4 is 11.2 Å². The zero-order valence-corrected chi connectivity index (χ0v) is 16.3. The SMILES string of the molecule is Cn1c(=O)c2ccc(C(=O)N3CCN(CC4CCCO4)CC3)nc2n(C)c1=O. The Bertz CT molecular complexity index is 1010. The molecule has 9 nitrogen and oxygen atoms in total. The average molecular weight is 387 g/mol. The lowest BCUT2D eigenvalue weighted by Gasteiger charge is -2.35. The van der Waals surface area contributed by atoms with E-state index in [0.717, 1.165) is 43.6 Å². The molecule has 0 bridgehead atoms. The summed E-state index contributed by atoms with van der Waals surface area (Å²) in [7, 11) is 2.98. The molecule has 2 fully saturated rings. The second-order valence-electron chi connectivity index (χ2n) is 7.50. The van der Waals surface area contributed by atoms with Gasteiger partial charge in [0.1, 0.15) is 11.3 Å². The molecule has 1 atom stereocenters. The summed E-state index contributed by atoms with van der Waals surface area (Å²) in [6.45, 7) is 4.63. The van der Waals surface area contributed by atoms with Crippen molar-refractivity contribution >= 4 is 16.9 Å². The summed E-state index contributed by atoms with van der Waals surface area (Å²) in [5.74, 6) is -0.174. The number of nitrogens with zero attached hydrogens (tertiary/aromatic N) is 5. The highest BCUT2D eigenvalue weighted by Gasteiger charge is 2.26. The highest BCUT2D eigenvalue weighted by atomic mass is 16.5. The third-order valence-corrected chi connectivity index (χ3v) is 5.67. The molecule has 2 aromatic heterocycles. The number of rotatable bonds is 3. The molecule has 0 aromatic carbocycles. The van der Waals surface area contributed by atoms with E-state index in [4.69, 9.17) is 4.74 Å². The Morgan fingerprint density at radius 2 is 1.89 bits per heavy atom. The van der Waals surface area contributed by atoms with Crippen molar-refractivity contribution in [2.45, 2.75) is 18.9 Å². The van der Waals surface area contributed by atoms with Crippen molar-refractivity contribution in [1.29, 1.82) is 0 Å². The summed E-state index contributed by atoms with van der Waals surface area (Å²) >= 11 is 0. The fourth-order valence-electron chi connectivity index (χ4n) is 3.95. The molecule has 0 N–H and O–H groups in total. The third-order valence-electron chi connectivity index (χ3n) is 5.67. The first-order valence-electron chi connectivity index (χ1n) is 9.65. The van der Waals surface area contributed by atoms with E-state index in [2.05, 4.69) is 9.88 Å². The molecule has 4 rings (SSSR count). The third kappa shape index (κ3) is 3.35. The van der Waals surface area contributed by atoms with Crippen molar-refractivity contribution in [3.8, 4) is 0 Å². The minimum Gasteiger partial charge on any atom is -0.377 e. The van der Waals surface area contributed by atoms with Gasteiger partial charge in [-0.3, -0.25) is 23.6 Å². The first-order chi connectivity index (χ1) is 13.5. The maximum atomic E-state index is 12.9. The molecule has 0 saturated carbocycles. The molecule has 28 heavy (non-hydrogen) atoms. The van der Waals surface area contributed by atoms with Crippen LogP contribution in [0.2, 0.25) is 0 Å². The van der Waals surface area contributed by atoms with Crippen LogP contribution in [0.25, 0.3) is 11.0 Å². The zero-order chi connectivity index (χ0) is 19.8. The van der Waals surface area contributed by atoms with Crippen molar-refractivity contribution in [1.82, 2.24) is 23.9 Å². The molecule has 0 radical (unpaired) electrons. The predicted octanol–water partition coefficient (Wildman–Crippen LogP) is -0.431. The predicted molar refractivity (Wildman–Crippen MR) is 104 cm³/mol. The Balaban J connectivity index is 1.50. The lowest BCUT2D eigenvalue weighted by atomic mass is 10.2. The molecule has 1 amide bonds. The van der Waals surface area contributed by atoms with Gasteiger partial charge < -0.3 is 9.64 Å². The minimum atomic E-state index is -0.461. The van der Waals surface area contributed by atoms with Gasteiger partial charge in [-0.2, -0.15) is 0 Å². The van der Waals surface area contributed by atoms with Gasteiger partial charge in [0.15, 0.2) is 0 Å². The molecule has 2 aromatic rings. The van der Waals surface area contributed by atoms with Gasteiger partial charge in [-0.05, 0) is 25.0 Å². The zero-order valence-electron chi connectivity index (χ0n) is 16.3. The molecular weight excluding hydrogens is 362 g/mol. The van der Waals surface area contributed by atoms with Crippen LogP contribution in [0, 0.1) is 0 Å². The van der Waals surface area contributed by atoms with Crippen LogP contribution in [0.1, 0.15) is 23.3 Å². The van der Waals surface area contributed by atoms with Crippen molar-refractivity contribution < 1.29 is 9.53 Å². The monoisotopic (exact) mass is 387 g/mol. The maximum Gasteiger partial charge on any atom is 0.332 e. The number of aromatic nitrogens is 3. The maximum absolute atomic E-state index is 12.9. The molecule has 9 heteroatoms. The topological polar surface area (TPSA) is 89.7 Å². The van der Waals surface area contributed by atoms with Crippen molar-refractivity contribution in [3.63, 3.8) is 0 Å². The number of aryl methyl sites for hydroxylation is 1. The largest absolute Gasteiger partial charge is 0.377 e. The lowest BCUT2D eigenvalue weighted by molar-refractivity contribution is 0.0430. The Hall–Kier alpha value is -2.52. The quantitative estimate of drug-likeness (QED) is 0.710. The summed E-state index contributed by atoms with van der Waals surface area (Å²) < 4.78 is 8.03. The molecule has 2 aliphatic rings. The first-order valence-corrected chi connectivity index (χ1v) is 9.65. The van der Waals surface area contributed by atoms with Crippen LogP contribution >= 0.6 is 0 Å². The van der Waals surface area contributed by atoms with Gasteiger partial charge in [0.05, 0.1) is 11.5 Å². The van der Waals surface area contributed by atoms with Gasteiger partial charge >= 0.3 is 5.69 Å². The Morgan fingerprint density at radius 1 is 1.14 bits per heavy atom. The van der Waals surface area contributed by atoms with Crippen molar-refractivity contribution in [2.75, 3.05) is 39.3 Å². The fraction of sp³-hybridized carbons (Fsp3) is 0.579. The number of hydrogen-bond acceptors (Lipinski definition) is 6. The molecular formula is C19H25N5O4. The van der Waals surface area contributed by atoms with Gasteiger partial charge in [0.25, 0.3) is 11.5 Å². The van der Waals surface area contributed by atoms with Crippen LogP contribution in [-0.4, -0.2) is 75.3 Å². The number of hydrogen-bond donors (Lipinski definition) is 0. The smallest absolute Gasteiger partial charge is 0.332 e. The van der Waals surface area contributed by atoms with E-state index in [9.17, 15) is 14.4 Å². The normalized spacial score (nSPS) is 20.8. The molecule has 1 unspecified atom stereocenters. The van der Waals surface area contributed by atoms with E-state index in [1.54, 1.807) is 24.1 Å². The molecule has 2 aliphatic heterocycles. The summed E-state index contributed by atoms with van der Waals surface area (Å²) in [4.78, 5) is 45.7. The van der Waals surface area contributed by atoms with Crippen molar-refractivity contribution in [2.24, 2.45) is 14.1 Å². The highest BCUT2D eigenvalue weighted by molar-refractivity contribution is 5.94. The standard InChI is InChI=1S/C19H25N5O4/c1-21-16-14(17(25)22(2)19(21)27)5-6-15(20-16)18(26)24-9-7-23(8-10-24)12-13-4-3-11-28-13/h5-6,13H,3-4,7-12H2,1-2H3. The number of fused-ring (bicyclic) bond motifs is 1. The number of amides is 1. The minimum absolute atomic E-state index is 0.174. The number of ether oxygens (including phenoxy) is 1. The molecule has 150 valence electrons. The van der Waals surface area contributed by atoms with E-state index in [1.807, 2.05) is 0 Å². The van der Waals surface area contributed by atoms with Crippen LogP contribution in [0.15, 0.2) is 21.7 Å². The van der Waals surface area contributed by atoms with E-state index in [0.29, 0.717) is 24.6 Å². The molecule has 0 aliphatic carbocycles. The van der Waals surface area contributed by atoms with E-state index in [-0.39, 0.29) is 17.2 Å². The van der Waals surface area contributed by atoms with Crippen LogP contribution in [0.4, 0.5) is 0 Å². The van der Waals surface area contributed by atoms with Gasteiger partial charge in [-0.1, -0.05) is 0 Å². The Kier molecular flexibility index (Phi) is 5.03. The van der Waals surface area contributed by atoms with Gasteiger partial charge in [-0.15, -0.1) is 0 Å². The fourth-order valence-corrected chi connectivity index (χ4v) is 3.95. The second-order valence-corrected chi connectivity index (χ2v) is 7.50. The van der Waals surface area contributed by atoms with Crippen molar-refractivity contribution in [3.05, 3.63) is 38.7 Å². The van der Waals surface area contributed by atoms with E-state index < -0.39 is 11.2 Å². The molecule has 0 spiro atoms. The Morgan fingerprint density at radius 3 is 2.57 bits per heavy atom. The van der Waals surface area contributed by atoms with E-state index >= 15 is 0 Å². The molecule has 4 heterocycles. The number of piperazine rings is 1. The number of pyridine rings is 1. The van der Waals surface area contributed by atoms with Gasteiger partial charge in [0, 0.05) is 53.4 Å². The van der Waals surface area contributed by atoms with Crippen LogP contribution in [0.3, 0.4) is 0 Å². The first kappa shape index (κ1) is 18.8. The molecule has 2 saturated heterocycles. The van der Waals surface area contributed by atoms with Gasteiger partial charge in [0.2, 0.25) is 0 Å². The lowest BCUT2D eigenvalue weighted by Crippen LogP contribution is -2.50. The van der Waals surface area contributed by atoms with Gasteiger partial charge in [-0.25, -0.2) is 9.78 Å². The second kappa shape index (κ2) is 7.48. The Labute approximate surface area is 162 Å². The number of carbonyl (C=O) groups excluding carboxylic acids is 1. The summed E-state index contributed by atoms with van der Waals surface area (Å²) in [5, 5.41) is 0.322. The van der Waals surface area contributed by atoms with Crippen LogP contribution in [-0.2, 0) is 18.8 Å². The number of carbonyl (C=O) groups is 1. The highest BCUT2D eigenvalue weighted by Crippen LogP contribution is 2.15. The summed E-state index contributed by atoms with van der Waals surface area (Å²) in [6.07, 6.45) is 2.55. The summed E-state index contributed by atoms with van der Waals surface area (Å²) in [6, 6.07) is 3.14. The van der Waals surface area contributed by atoms with Crippen LogP contribution in [0.5, 0.6) is 0 Å². The summed E-state index contributed by atoms with van der Waals surface area (Å²) in [5.41, 5.74) is -0.385. The average Bonchev–Trinajstić information content (AvgIpc) is 3.23. The van der Waals surface area contributed by atoms with E-state index in [1.165, 1.54) is 11.6 Å².